The molecule has 34 heavy (non-hydrogen) atoms. The molecular formula is C25H17BrClN3O4. The van der Waals surface area contributed by atoms with Gasteiger partial charge in [-0.15, -0.1) is 0 Å². The summed E-state index contributed by atoms with van der Waals surface area (Å²) in [6.07, 6.45) is 0. The van der Waals surface area contributed by atoms with E-state index in [2.05, 4.69) is 31.8 Å². The fraction of sp³-hybridized carbons (Fsp3) is 0.0400. The highest BCUT2D eigenvalue weighted by atomic mass is 79.9. The summed E-state index contributed by atoms with van der Waals surface area (Å²) in [6, 6.07) is 22.4. The van der Waals surface area contributed by atoms with Gasteiger partial charge in [-0.1, -0.05) is 57.9 Å². The van der Waals surface area contributed by atoms with Crippen LogP contribution in [0, 0.1) is 0 Å². The smallest absolute Gasteiger partial charge is 0.339 e. The highest BCUT2D eigenvalue weighted by Gasteiger charge is 2.17. The molecule has 0 aliphatic carbocycles. The molecule has 0 spiro atoms. The Morgan fingerprint density at radius 2 is 1.62 bits per heavy atom. The lowest BCUT2D eigenvalue weighted by Gasteiger charge is -2.11. The Morgan fingerprint density at radius 1 is 0.912 bits per heavy atom. The Bertz CT molecular complexity index is 1380. The molecule has 1 aromatic heterocycles. The van der Waals surface area contributed by atoms with Crippen LogP contribution in [0.5, 0.6) is 0 Å². The van der Waals surface area contributed by atoms with Crippen LogP contribution in [0.25, 0.3) is 22.2 Å². The van der Waals surface area contributed by atoms with Crippen molar-refractivity contribution in [3.05, 3.63) is 99.5 Å². The zero-order valence-electron chi connectivity index (χ0n) is 17.5. The predicted octanol–water partition coefficient (Wildman–Crippen LogP) is 4.94. The van der Waals surface area contributed by atoms with Crippen molar-refractivity contribution in [3.8, 4) is 11.3 Å². The van der Waals surface area contributed by atoms with E-state index in [4.69, 9.17) is 16.3 Å². The fourth-order valence-corrected chi connectivity index (χ4v) is 3.55. The van der Waals surface area contributed by atoms with Gasteiger partial charge in [-0.25, -0.2) is 9.78 Å². The molecule has 0 bridgehead atoms. The summed E-state index contributed by atoms with van der Waals surface area (Å²) in [7, 11) is 0. The van der Waals surface area contributed by atoms with Gasteiger partial charge in [0.25, 0.3) is 11.8 Å². The maximum Gasteiger partial charge on any atom is 0.339 e. The second-order valence-electron chi connectivity index (χ2n) is 7.16. The van der Waals surface area contributed by atoms with E-state index in [9.17, 15) is 14.4 Å². The number of pyridine rings is 1. The van der Waals surface area contributed by atoms with Crippen LogP contribution < -0.4 is 10.9 Å². The summed E-state index contributed by atoms with van der Waals surface area (Å²) in [5.74, 6) is -1.88. The monoisotopic (exact) mass is 537 g/mol. The lowest BCUT2D eigenvalue weighted by Crippen LogP contribution is -2.43. The van der Waals surface area contributed by atoms with Gasteiger partial charge in [-0.3, -0.25) is 20.4 Å². The number of hydrazine groups is 1. The van der Waals surface area contributed by atoms with Gasteiger partial charge in [0.1, 0.15) is 0 Å². The zero-order chi connectivity index (χ0) is 24.1. The minimum absolute atomic E-state index is 0.266. The third-order valence-corrected chi connectivity index (χ3v) is 5.61. The third kappa shape index (κ3) is 5.59. The quantitative estimate of drug-likeness (QED) is 0.277. The molecule has 0 atom stereocenters. The number of amides is 2. The molecule has 7 nitrogen and oxygen atoms in total. The lowest BCUT2D eigenvalue weighted by atomic mass is 10.0. The van der Waals surface area contributed by atoms with Crippen LogP contribution in [-0.4, -0.2) is 29.4 Å². The number of carbonyl (C=O) groups is 3. The van der Waals surface area contributed by atoms with Crippen LogP contribution in [0.3, 0.4) is 0 Å². The van der Waals surface area contributed by atoms with Gasteiger partial charge in [0.05, 0.1) is 16.8 Å². The first-order chi connectivity index (χ1) is 16.4. The summed E-state index contributed by atoms with van der Waals surface area (Å²) in [6.45, 7) is -0.577. The number of halogens is 2. The molecular weight excluding hydrogens is 522 g/mol. The summed E-state index contributed by atoms with van der Waals surface area (Å²) in [4.78, 5) is 41.7. The number of hydrogen-bond donors (Lipinski definition) is 2. The van der Waals surface area contributed by atoms with E-state index in [1.54, 1.807) is 72.8 Å². The highest BCUT2D eigenvalue weighted by Crippen LogP contribution is 2.26. The maximum absolute atomic E-state index is 12.8. The highest BCUT2D eigenvalue weighted by molar-refractivity contribution is 9.10. The topological polar surface area (TPSA) is 97.4 Å². The van der Waals surface area contributed by atoms with Crippen LogP contribution in [-0.2, 0) is 9.53 Å². The second kappa shape index (κ2) is 10.5. The number of hydrogen-bond acceptors (Lipinski definition) is 5. The van der Waals surface area contributed by atoms with Crippen LogP contribution >= 0.6 is 27.5 Å². The largest absolute Gasteiger partial charge is 0.452 e. The van der Waals surface area contributed by atoms with Gasteiger partial charge < -0.3 is 4.74 Å². The molecule has 170 valence electrons. The van der Waals surface area contributed by atoms with Crippen molar-refractivity contribution in [1.29, 1.82) is 0 Å². The van der Waals surface area contributed by atoms with Crippen molar-refractivity contribution in [2.45, 2.75) is 0 Å². The first-order valence-electron chi connectivity index (χ1n) is 10.1. The van der Waals surface area contributed by atoms with Gasteiger partial charge in [-0.05, 0) is 48.5 Å². The van der Waals surface area contributed by atoms with Gasteiger partial charge in [0, 0.05) is 26.0 Å². The van der Waals surface area contributed by atoms with Gasteiger partial charge in [-0.2, -0.15) is 0 Å². The molecule has 1 heterocycles. The lowest BCUT2D eigenvalue weighted by molar-refractivity contribution is -0.125. The number of nitrogens with one attached hydrogen (secondary N) is 2. The minimum atomic E-state index is -0.691. The van der Waals surface area contributed by atoms with E-state index in [-0.39, 0.29) is 5.56 Å². The molecule has 0 saturated carbocycles. The summed E-state index contributed by atoms with van der Waals surface area (Å²) >= 11 is 9.26. The fourth-order valence-electron chi connectivity index (χ4n) is 3.16. The number of carbonyl (C=O) groups excluding carboxylic acids is 3. The average molecular weight is 539 g/mol. The van der Waals surface area contributed by atoms with Crippen LogP contribution in [0.1, 0.15) is 20.7 Å². The standard InChI is InChI=1S/C25H17BrClN3O4/c26-17-9-5-16(6-10-17)24(32)30-29-23(31)14-34-25(33)20-13-22(15-7-11-18(27)12-8-15)28-21-4-2-1-3-19(20)21/h1-13H,14H2,(H,29,31)(H,30,32). The molecule has 0 radical (unpaired) electrons. The Hall–Kier alpha value is -3.75. The van der Waals surface area contributed by atoms with Crippen molar-refractivity contribution in [2.75, 3.05) is 6.61 Å². The number of ether oxygens (including phenoxy) is 1. The Kier molecular flexibility index (Phi) is 7.20. The van der Waals surface area contributed by atoms with E-state index in [0.29, 0.717) is 27.2 Å². The van der Waals surface area contributed by atoms with Gasteiger partial charge in [0.2, 0.25) is 0 Å². The molecule has 2 amide bonds. The van der Waals surface area contributed by atoms with Crippen molar-refractivity contribution in [1.82, 2.24) is 15.8 Å². The van der Waals surface area contributed by atoms with E-state index in [1.165, 1.54) is 0 Å². The molecule has 0 fully saturated rings. The zero-order valence-corrected chi connectivity index (χ0v) is 19.9. The number of para-hydroxylation sites is 1. The Balaban J connectivity index is 1.45. The number of benzene rings is 3. The second-order valence-corrected chi connectivity index (χ2v) is 8.52. The van der Waals surface area contributed by atoms with Crippen LogP contribution in [0.4, 0.5) is 0 Å². The normalized spacial score (nSPS) is 10.5. The number of aromatic nitrogens is 1. The Labute approximate surface area is 208 Å². The van der Waals surface area contributed by atoms with Crippen LogP contribution in [0.15, 0.2) is 83.3 Å². The number of nitrogens with zero attached hydrogens (tertiary/aromatic N) is 1. The van der Waals surface area contributed by atoms with Crippen molar-refractivity contribution in [2.24, 2.45) is 0 Å². The molecule has 0 saturated heterocycles. The SMILES string of the molecule is O=C(COC(=O)c1cc(-c2ccc(Cl)cc2)nc2ccccc12)NNC(=O)c1ccc(Br)cc1. The first kappa shape index (κ1) is 23.4. The van der Waals surface area contributed by atoms with Crippen molar-refractivity contribution < 1.29 is 19.1 Å². The van der Waals surface area contributed by atoms with Crippen LogP contribution in [0.2, 0.25) is 5.02 Å². The maximum atomic E-state index is 12.8. The van der Waals surface area contributed by atoms with E-state index >= 15 is 0 Å². The predicted molar refractivity (Wildman–Crippen MR) is 132 cm³/mol. The molecule has 0 unspecified atom stereocenters. The van der Waals surface area contributed by atoms with E-state index in [1.807, 2.05) is 6.07 Å². The summed E-state index contributed by atoms with van der Waals surface area (Å²) in [5, 5.41) is 1.18. The molecule has 4 aromatic rings. The number of rotatable bonds is 5. The average Bonchev–Trinajstić information content (AvgIpc) is 2.86. The Morgan fingerprint density at radius 3 is 2.35 bits per heavy atom. The van der Waals surface area contributed by atoms with Crippen molar-refractivity contribution >= 4 is 56.2 Å². The summed E-state index contributed by atoms with van der Waals surface area (Å²) < 4.78 is 6.03. The molecule has 2 N–H and O–H groups in total. The van der Waals surface area contributed by atoms with E-state index < -0.39 is 24.4 Å². The summed E-state index contributed by atoms with van der Waals surface area (Å²) in [5.41, 5.74) is 7.08. The first-order valence-corrected chi connectivity index (χ1v) is 11.3. The molecule has 4 rings (SSSR count). The van der Waals surface area contributed by atoms with Gasteiger partial charge in [0.15, 0.2) is 6.61 Å². The third-order valence-electron chi connectivity index (χ3n) is 4.83. The van der Waals surface area contributed by atoms with E-state index in [0.717, 1.165) is 10.0 Å². The van der Waals surface area contributed by atoms with Crippen molar-refractivity contribution in [3.63, 3.8) is 0 Å². The number of fused-ring (bicyclic) bond motifs is 1. The molecule has 3 aromatic carbocycles. The molecule has 0 aliphatic rings. The molecule has 0 aliphatic heterocycles. The number of esters is 1. The molecule has 9 heteroatoms. The minimum Gasteiger partial charge on any atom is -0.452 e. The van der Waals surface area contributed by atoms with Gasteiger partial charge >= 0.3 is 5.97 Å².